The number of aromatic nitrogens is 3. The third-order valence-electron chi connectivity index (χ3n) is 6.92. The second-order valence-corrected chi connectivity index (χ2v) is 10.4. The van der Waals surface area contributed by atoms with Gasteiger partial charge in [-0.1, -0.05) is 0 Å². The van der Waals surface area contributed by atoms with Crippen LogP contribution in [0.2, 0.25) is 0 Å². The summed E-state index contributed by atoms with van der Waals surface area (Å²) in [5, 5.41) is 77.9. The predicted octanol–water partition coefficient (Wildman–Crippen LogP) is 5.39. The summed E-state index contributed by atoms with van der Waals surface area (Å²) in [5.74, 6) is -1.94. The zero-order valence-electron chi connectivity index (χ0n) is 28.8. The summed E-state index contributed by atoms with van der Waals surface area (Å²) in [5.41, 5.74) is 0.378. The second-order valence-electron chi connectivity index (χ2n) is 10.4. The molecular formula is C33H53N3O17. The molecule has 0 amide bonds. The molecule has 0 fully saturated rings. The van der Waals surface area contributed by atoms with Gasteiger partial charge in [-0.2, -0.15) is 0 Å². The molecule has 4 aromatic rings. The molecule has 0 saturated carbocycles. The van der Waals surface area contributed by atoms with Gasteiger partial charge in [0.2, 0.25) is 0 Å². The van der Waals surface area contributed by atoms with E-state index in [0.29, 0.717) is 0 Å². The van der Waals surface area contributed by atoms with E-state index in [1.54, 1.807) is 6.92 Å². The number of ketones is 2. The minimum atomic E-state index is -0.973. The van der Waals surface area contributed by atoms with Gasteiger partial charge >= 0.3 is 5.97 Å². The summed E-state index contributed by atoms with van der Waals surface area (Å²) in [6.07, 6.45) is -2.67. The minimum Gasteiger partial charge on any atom is -0.507 e. The molecule has 10 N–H and O–H groups in total. The SMILES string of the molecule is COC(=O)C(C)Oc1ccc(-c2nc(-c3ccc(OC(C)C(C)=O)cc3O)nc(-c3ccc(OC(C)C(=O)CO)cc3O)n2)c(O)c1.OO.OO.OO.[HH].[HH].[HH].[HH].[HH].[HH].[HH]. The van der Waals surface area contributed by atoms with Crippen LogP contribution >= 0.6 is 0 Å². The first-order chi connectivity index (χ1) is 25.3. The molecule has 3 atom stereocenters. The van der Waals surface area contributed by atoms with E-state index in [-0.39, 0.29) is 84.4 Å². The van der Waals surface area contributed by atoms with Gasteiger partial charge in [0, 0.05) is 28.2 Å². The number of methoxy groups -OCH3 is 1. The number of hydrogen-bond acceptors (Lipinski definition) is 20. The number of carbonyl (C=O) groups excluding carboxylic acids is 3. The fourth-order valence-corrected chi connectivity index (χ4v) is 4.16. The summed E-state index contributed by atoms with van der Waals surface area (Å²) in [6, 6.07) is 12.6. The maximum Gasteiger partial charge on any atom is 0.346 e. The van der Waals surface area contributed by atoms with Gasteiger partial charge in [0.05, 0.1) is 23.8 Å². The number of phenols is 3. The quantitative estimate of drug-likeness (QED) is 0.0463. The maximum atomic E-state index is 11.8. The highest BCUT2D eigenvalue weighted by Gasteiger charge is 2.22. The largest absolute Gasteiger partial charge is 0.507 e. The van der Waals surface area contributed by atoms with E-state index in [2.05, 4.69) is 19.7 Å². The summed E-state index contributed by atoms with van der Waals surface area (Å²) >= 11 is 0. The van der Waals surface area contributed by atoms with E-state index in [1.165, 1.54) is 82.5 Å². The smallest absolute Gasteiger partial charge is 0.346 e. The first-order valence-electron chi connectivity index (χ1n) is 14.9. The van der Waals surface area contributed by atoms with Crippen LogP contribution in [-0.2, 0) is 19.1 Å². The van der Waals surface area contributed by atoms with E-state index in [4.69, 9.17) is 50.9 Å². The van der Waals surface area contributed by atoms with Crippen molar-refractivity contribution in [3.63, 3.8) is 0 Å². The van der Waals surface area contributed by atoms with Crippen molar-refractivity contribution in [3.8, 4) is 68.7 Å². The standard InChI is InChI=1S/C33H33N3O11.3H2O2.7H2/c1-16(38)17(2)45-20-6-9-23(26(39)12-20)30-34-31(24-10-7-21(13-27(24)40)46-18(3)29(42)15-37)36-32(35-30)25-11-8-22(14-28(25)41)47-19(4)33(43)44-5;3*1-2;;;;;;;/h6-14,17-19,37,39-41H,15H2,1-5H3;3*1-2H;7*1H. The molecular weight excluding hydrogens is 710 g/mol. The predicted molar refractivity (Wildman–Crippen MR) is 197 cm³/mol. The highest BCUT2D eigenvalue weighted by molar-refractivity contribution is 5.84. The van der Waals surface area contributed by atoms with E-state index in [0.717, 1.165) is 0 Å². The number of nitrogens with zero attached hydrogens (tertiary/aromatic N) is 3. The molecule has 1 heterocycles. The van der Waals surface area contributed by atoms with Crippen molar-refractivity contribution >= 4 is 17.5 Å². The van der Waals surface area contributed by atoms with Gasteiger partial charge in [0.25, 0.3) is 0 Å². The first kappa shape index (κ1) is 45.0. The highest BCUT2D eigenvalue weighted by atomic mass is 17.0. The maximum absolute atomic E-state index is 11.8. The van der Waals surface area contributed by atoms with Gasteiger partial charge in [-0.05, 0) is 64.1 Å². The van der Waals surface area contributed by atoms with Gasteiger partial charge < -0.3 is 39.4 Å². The first-order valence-corrected chi connectivity index (χ1v) is 14.9. The van der Waals surface area contributed by atoms with Gasteiger partial charge in [-0.3, -0.25) is 41.1 Å². The lowest BCUT2D eigenvalue weighted by molar-refractivity contribution is -0.176. The lowest BCUT2D eigenvalue weighted by atomic mass is 10.1. The van der Waals surface area contributed by atoms with Crippen LogP contribution in [0.4, 0.5) is 0 Å². The summed E-state index contributed by atoms with van der Waals surface area (Å²) in [7, 11) is 1.22. The number of Topliss-reactive ketones (excluding diaryl/α,β-unsaturated/α-hetero) is 2. The van der Waals surface area contributed by atoms with E-state index < -0.39 is 36.7 Å². The van der Waals surface area contributed by atoms with Crippen LogP contribution in [0, 0.1) is 0 Å². The summed E-state index contributed by atoms with van der Waals surface area (Å²) < 4.78 is 21.3. The van der Waals surface area contributed by atoms with Crippen molar-refractivity contribution in [2.75, 3.05) is 13.7 Å². The van der Waals surface area contributed by atoms with Gasteiger partial charge in [0.1, 0.15) is 41.1 Å². The molecule has 4 rings (SSSR count). The third kappa shape index (κ3) is 12.3. The molecule has 0 aliphatic heterocycles. The number of esters is 1. The Morgan fingerprint density at radius 3 is 1.21 bits per heavy atom. The molecule has 0 aliphatic rings. The molecule has 3 unspecified atom stereocenters. The van der Waals surface area contributed by atoms with Crippen molar-refractivity contribution in [1.29, 1.82) is 0 Å². The van der Waals surface area contributed by atoms with Crippen molar-refractivity contribution in [1.82, 2.24) is 15.0 Å². The van der Waals surface area contributed by atoms with Gasteiger partial charge in [0.15, 0.2) is 47.4 Å². The molecule has 302 valence electrons. The third-order valence-corrected chi connectivity index (χ3v) is 6.92. The Balaban J connectivity index is -0.000000413. The summed E-state index contributed by atoms with van der Waals surface area (Å²) in [4.78, 5) is 48.6. The molecule has 3 aromatic carbocycles. The molecule has 0 saturated heterocycles. The lowest BCUT2D eigenvalue weighted by Crippen LogP contribution is -2.26. The zero-order valence-corrected chi connectivity index (χ0v) is 28.8. The Labute approximate surface area is 311 Å². The van der Waals surface area contributed by atoms with Crippen molar-refractivity contribution in [3.05, 3.63) is 54.6 Å². The second kappa shape index (κ2) is 22.0. The van der Waals surface area contributed by atoms with E-state index in [1.807, 2.05) is 0 Å². The highest BCUT2D eigenvalue weighted by Crippen LogP contribution is 2.38. The Morgan fingerprint density at radius 2 is 0.925 bits per heavy atom. The number of carbonyl (C=O) groups is 3. The number of aliphatic hydroxyl groups excluding tert-OH is 1. The van der Waals surface area contributed by atoms with Crippen LogP contribution in [0.5, 0.6) is 34.5 Å². The molecule has 20 heteroatoms. The number of benzene rings is 3. The van der Waals surface area contributed by atoms with Crippen LogP contribution in [0.25, 0.3) is 34.2 Å². The van der Waals surface area contributed by atoms with Crippen molar-refractivity contribution in [2.24, 2.45) is 0 Å². The summed E-state index contributed by atoms with van der Waals surface area (Å²) in [6.45, 7) is 5.19. The van der Waals surface area contributed by atoms with Crippen LogP contribution in [0.3, 0.4) is 0 Å². The Hall–Kier alpha value is -6.00. The average Bonchev–Trinajstić information content (AvgIpc) is 3.16. The Morgan fingerprint density at radius 1 is 0.604 bits per heavy atom. The lowest BCUT2D eigenvalue weighted by Gasteiger charge is -2.15. The number of rotatable bonds is 13. The number of hydrogen-bond donors (Lipinski definition) is 10. The van der Waals surface area contributed by atoms with Crippen molar-refractivity contribution < 1.29 is 95.3 Å². The van der Waals surface area contributed by atoms with Gasteiger partial charge in [-0.25, -0.2) is 19.7 Å². The number of phenolic OH excluding ortho intramolecular Hbond substituents is 3. The van der Waals surface area contributed by atoms with Crippen LogP contribution in [-0.4, -0.2) is 116 Å². The number of aliphatic hydroxyl groups is 1. The zero-order chi connectivity index (χ0) is 40.4. The normalized spacial score (nSPS) is 11.7. The van der Waals surface area contributed by atoms with Crippen LogP contribution in [0.1, 0.15) is 37.7 Å². The van der Waals surface area contributed by atoms with Crippen LogP contribution < -0.4 is 14.2 Å². The molecule has 0 aliphatic carbocycles. The topological polar surface area (TPSA) is 329 Å². The monoisotopic (exact) mass is 763 g/mol. The molecule has 0 radical (unpaired) electrons. The fourth-order valence-electron chi connectivity index (χ4n) is 4.16. The molecule has 0 spiro atoms. The van der Waals surface area contributed by atoms with E-state index in [9.17, 15) is 29.7 Å². The van der Waals surface area contributed by atoms with Crippen molar-refractivity contribution in [2.45, 2.75) is 46.0 Å². The molecule has 1 aromatic heterocycles. The fraction of sp³-hybridized carbons (Fsp3) is 0.273. The molecule has 53 heavy (non-hydrogen) atoms. The van der Waals surface area contributed by atoms with E-state index >= 15 is 0 Å². The Bertz CT molecular complexity index is 1760. The average molecular weight is 764 g/mol. The van der Waals surface area contributed by atoms with Crippen LogP contribution in [0.15, 0.2) is 54.6 Å². The molecule has 0 bridgehead atoms. The van der Waals surface area contributed by atoms with Gasteiger partial charge in [-0.15, -0.1) is 0 Å². The number of ether oxygens (including phenoxy) is 4. The Kier molecular flexibility index (Phi) is 18.7. The molecule has 20 nitrogen and oxygen atoms in total. The minimum absolute atomic E-state index is 0. The number of aromatic hydroxyl groups is 3.